The zero-order chi connectivity index (χ0) is 24.2. The van der Waals surface area contributed by atoms with Crippen LogP contribution in [0.15, 0.2) is 60.9 Å². The number of aryl methyl sites for hydroxylation is 1. The van der Waals surface area contributed by atoms with Crippen LogP contribution in [0.1, 0.15) is 39.2 Å². The van der Waals surface area contributed by atoms with E-state index in [4.69, 9.17) is 4.74 Å². The summed E-state index contributed by atoms with van der Waals surface area (Å²) in [4.78, 5) is 41.6. The summed E-state index contributed by atoms with van der Waals surface area (Å²) in [6, 6.07) is 14.1. The maximum atomic E-state index is 13.3. The summed E-state index contributed by atoms with van der Waals surface area (Å²) in [5.74, 6) is 0.242. The van der Waals surface area contributed by atoms with Crippen LogP contribution >= 0.6 is 0 Å². The third-order valence-electron chi connectivity index (χ3n) is 5.91. The van der Waals surface area contributed by atoms with Gasteiger partial charge in [0.1, 0.15) is 5.75 Å². The molecule has 1 aliphatic heterocycles. The minimum atomic E-state index is -0.299. The van der Waals surface area contributed by atoms with Gasteiger partial charge in [-0.3, -0.25) is 19.1 Å². The van der Waals surface area contributed by atoms with E-state index in [0.29, 0.717) is 36.4 Å². The fourth-order valence-corrected chi connectivity index (χ4v) is 4.11. The predicted molar refractivity (Wildman–Crippen MR) is 127 cm³/mol. The SMILES string of the molecule is COc1ccc([C@H]2CN(C(=O)c3cccc(NC(=O)c4cnn(C)c4)c3)CCN2C(C)=O)cc1. The van der Waals surface area contributed by atoms with Gasteiger partial charge in [0.25, 0.3) is 11.8 Å². The molecule has 176 valence electrons. The molecule has 4 rings (SSSR count). The lowest BCUT2D eigenvalue weighted by molar-refractivity contribution is -0.133. The number of anilines is 1. The van der Waals surface area contributed by atoms with Gasteiger partial charge in [0.05, 0.1) is 24.9 Å². The first-order valence-corrected chi connectivity index (χ1v) is 11.0. The predicted octanol–water partition coefficient (Wildman–Crippen LogP) is 2.73. The molecule has 0 unspecified atom stereocenters. The molecule has 0 saturated carbocycles. The summed E-state index contributed by atoms with van der Waals surface area (Å²) >= 11 is 0. The number of carbonyl (C=O) groups is 3. The van der Waals surface area contributed by atoms with E-state index in [1.54, 1.807) is 66.0 Å². The molecule has 9 heteroatoms. The molecule has 0 spiro atoms. The second kappa shape index (κ2) is 9.78. The topological polar surface area (TPSA) is 96.8 Å². The summed E-state index contributed by atoms with van der Waals surface area (Å²) < 4.78 is 6.79. The van der Waals surface area contributed by atoms with E-state index < -0.39 is 0 Å². The van der Waals surface area contributed by atoms with Crippen LogP contribution in [0.4, 0.5) is 5.69 Å². The van der Waals surface area contributed by atoms with Gasteiger partial charge in [0.15, 0.2) is 0 Å². The van der Waals surface area contributed by atoms with Gasteiger partial charge < -0.3 is 19.9 Å². The highest BCUT2D eigenvalue weighted by molar-refractivity contribution is 6.04. The molecule has 9 nitrogen and oxygen atoms in total. The third-order valence-corrected chi connectivity index (χ3v) is 5.91. The number of ether oxygens (including phenoxy) is 1. The highest BCUT2D eigenvalue weighted by atomic mass is 16.5. The van der Waals surface area contributed by atoms with E-state index in [9.17, 15) is 14.4 Å². The van der Waals surface area contributed by atoms with Gasteiger partial charge in [-0.15, -0.1) is 0 Å². The van der Waals surface area contributed by atoms with Crippen molar-refractivity contribution in [1.82, 2.24) is 19.6 Å². The first-order chi connectivity index (χ1) is 16.4. The number of nitrogens with one attached hydrogen (secondary N) is 1. The number of rotatable bonds is 5. The van der Waals surface area contributed by atoms with E-state index in [1.807, 2.05) is 24.3 Å². The lowest BCUT2D eigenvalue weighted by Gasteiger charge is -2.41. The minimum Gasteiger partial charge on any atom is -0.497 e. The van der Waals surface area contributed by atoms with Crippen LogP contribution in [0.5, 0.6) is 5.75 Å². The number of aromatic nitrogens is 2. The Hall–Kier alpha value is -4.14. The van der Waals surface area contributed by atoms with Crippen LogP contribution in [0.25, 0.3) is 0 Å². The van der Waals surface area contributed by atoms with Gasteiger partial charge in [-0.05, 0) is 35.9 Å². The van der Waals surface area contributed by atoms with E-state index in [2.05, 4.69) is 10.4 Å². The van der Waals surface area contributed by atoms with E-state index >= 15 is 0 Å². The quantitative estimate of drug-likeness (QED) is 0.630. The van der Waals surface area contributed by atoms with Crippen LogP contribution in [-0.4, -0.2) is 64.0 Å². The summed E-state index contributed by atoms with van der Waals surface area (Å²) in [7, 11) is 3.34. The Bertz CT molecular complexity index is 1200. The van der Waals surface area contributed by atoms with Crippen molar-refractivity contribution in [3.8, 4) is 5.75 Å². The molecule has 1 atom stereocenters. The number of hydrogen-bond acceptors (Lipinski definition) is 5. The van der Waals surface area contributed by atoms with Crippen molar-refractivity contribution in [2.45, 2.75) is 13.0 Å². The first-order valence-electron chi connectivity index (χ1n) is 11.0. The molecule has 0 radical (unpaired) electrons. The van der Waals surface area contributed by atoms with Crippen molar-refractivity contribution in [1.29, 1.82) is 0 Å². The zero-order valence-electron chi connectivity index (χ0n) is 19.4. The molecule has 2 heterocycles. The fourth-order valence-electron chi connectivity index (χ4n) is 4.11. The van der Waals surface area contributed by atoms with E-state index in [0.717, 1.165) is 11.3 Å². The van der Waals surface area contributed by atoms with Crippen molar-refractivity contribution in [3.05, 3.63) is 77.6 Å². The molecular weight excluding hydrogens is 434 g/mol. The second-order valence-corrected chi connectivity index (χ2v) is 8.19. The smallest absolute Gasteiger partial charge is 0.258 e. The number of methoxy groups -OCH3 is 1. The van der Waals surface area contributed by atoms with Gasteiger partial charge in [-0.1, -0.05) is 18.2 Å². The summed E-state index contributed by atoms with van der Waals surface area (Å²) in [6.45, 7) is 2.78. The van der Waals surface area contributed by atoms with Crippen molar-refractivity contribution in [3.63, 3.8) is 0 Å². The van der Waals surface area contributed by atoms with Gasteiger partial charge in [0.2, 0.25) is 5.91 Å². The maximum Gasteiger partial charge on any atom is 0.258 e. The number of carbonyl (C=O) groups excluding carboxylic acids is 3. The van der Waals surface area contributed by atoms with Crippen LogP contribution < -0.4 is 10.1 Å². The van der Waals surface area contributed by atoms with Crippen molar-refractivity contribution in [2.75, 3.05) is 32.1 Å². The van der Waals surface area contributed by atoms with Crippen molar-refractivity contribution in [2.24, 2.45) is 7.05 Å². The largest absolute Gasteiger partial charge is 0.497 e. The van der Waals surface area contributed by atoms with Crippen molar-refractivity contribution >= 4 is 23.4 Å². The molecule has 1 aliphatic rings. The Balaban J connectivity index is 1.51. The molecule has 0 aliphatic carbocycles. The average molecular weight is 462 g/mol. The molecular formula is C25H27N5O4. The molecule has 3 amide bonds. The molecule has 2 aromatic carbocycles. The fraction of sp³-hybridized carbons (Fsp3) is 0.280. The van der Waals surface area contributed by atoms with Gasteiger partial charge in [0, 0.05) is 51.1 Å². The number of piperazine rings is 1. The standard InChI is InChI=1S/C25H27N5O4/c1-17(31)30-12-11-29(16-23(30)18-7-9-22(34-3)10-8-18)25(33)19-5-4-6-21(13-19)27-24(32)20-14-26-28(2)15-20/h4-10,13-15,23H,11-12,16H2,1-3H3,(H,27,32)/t23-/m1/s1. The minimum absolute atomic E-state index is 0.0342. The Morgan fingerprint density at radius 2 is 1.82 bits per heavy atom. The van der Waals surface area contributed by atoms with Crippen LogP contribution in [0.2, 0.25) is 0 Å². The van der Waals surface area contributed by atoms with Gasteiger partial charge in [-0.2, -0.15) is 5.10 Å². The van der Waals surface area contributed by atoms with Crippen molar-refractivity contribution < 1.29 is 19.1 Å². The highest BCUT2D eigenvalue weighted by Gasteiger charge is 2.32. The molecule has 1 saturated heterocycles. The highest BCUT2D eigenvalue weighted by Crippen LogP contribution is 2.28. The number of benzene rings is 2. The first kappa shape index (κ1) is 23.0. The molecule has 1 aromatic heterocycles. The van der Waals surface area contributed by atoms with Gasteiger partial charge >= 0.3 is 0 Å². The molecule has 1 fully saturated rings. The Kier molecular flexibility index (Phi) is 6.62. The van der Waals surface area contributed by atoms with Crippen LogP contribution in [0, 0.1) is 0 Å². The number of amides is 3. The third kappa shape index (κ3) is 4.93. The van der Waals surface area contributed by atoms with E-state index in [1.165, 1.54) is 6.20 Å². The summed E-state index contributed by atoms with van der Waals surface area (Å²) in [6.07, 6.45) is 3.11. The second-order valence-electron chi connectivity index (χ2n) is 8.19. The van der Waals surface area contributed by atoms with E-state index in [-0.39, 0.29) is 23.8 Å². The monoisotopic (exact) mass is 461 g/mol. The molecule has 1 N–H and O–H groups in total. The number of hydrogen-bond donors (Lipinski definition) is 1. The lowest BCUT2D eigenvalue weighted by atomic mass is 10.0. The average Bonchev–Trinajstić information content (AvgIpc) is 3.30. The Labute approximate surface area is 197 Å². The zero-order valence-corrected chi connectivity index (χ0v) is 19.4. The van der Waals surface area contributed by atoms with Gasteiger partial charge in [-0.25, -0.2) is 0 Å². The molecule has 34 heavy (non-hydrogen) atoms. The van der Waals surface area contributed by atoms with Crippen LogP contribution in [-0.2, 0) is 11.8 Å². The Morgan fingerprint density at radius 1 is 1.06 bits per heavy atom. The normalized spacial score (nSPS) is 15.7. The maximum absolute atomic E-state index is 13.3. The lowest BCUT2D eigenvalue weighted by Crippen LogP contribution is -2.51. The number of nitrogens with zero attached hydrogens (tertiary/aromatic N) is 4. The molecule has 3 aromatic rings. The Morgan fingerprint density at radius 3 is 2.47 bits per heavy atom. The van der Waals surface area contributed by atoms with Crippen LogP contribution in [0.3, 0.4) is 0 Å². The summed E-state index contributed by atoms with van der Waals surface area (Å²) in [5.41, 5.74) is 2.36. The molecule has 0 bridgehead atoms. The summed E-state index contributed by atoms with van der Waals surface area (Å²) in [5, 5.41) is 6.82.